The molecule has 45 heavy (non-hydrogen) atoms. The van der Waals surface area contributed by atoms with Crippen LogP contribution in [0.2, 0.25) is 0 Å². The van der Waals surface area contributed by atoms with Gasteiger partial charge in [-0.15, -0.1) is 0 Å². The van der Waals surface area contributed by atoms with Crippen LogP contribution in [0.15, 0.2) is 88.5 Å². The second-order valence-corrected chi connectivity index (χ2v) is 15.8. The highest BCUT2D eigenvalue weighted by molar-refractivity contribution is 7.99. The number of carboxylic acid groups (broad SMARTS) is 1. The zero-order valence-electron chi connectivity index (χ0n) is 27.1. The van der Waals surface area contributed by atoms with E-state index in [2.05, 4.69) is 86.5 Å². The fourth-order valence-electron chi connectivity index (χ4n) is 7.01. The molecule has 7 heteroatoms. The Hall–Kier alpha value is -2.35. The lowest BCUT2D eigenvalue weighted by molar-refractivity contribution is -0.138. The van der Waals surface area contributed by atoms with Crippen LogP contribution in [0.5, 0.6) is 0 Å². The summed E-state index contributed by atoms with van der Waals surface area (Å²) in [6.07, 6.45) is 19.6. The summed E-state index contributed by atoms with van der Waals surface area (Å²) in [6.45, 7) is 7.86. The Morgan fingerprint density at radius 3 is 2.64 bits per heavy atom. The number of thioether (sulfide) groups is 1. The van der Waals surface area contributed by atoms with E-state index in [-0.39, 0.29) is 41.0 Å². The van der Waals surface area contributed by atoms with Gasteiger partial charge in [-0.1, -0.05) is 92.2 Å². The summed E-state index contributed by atoms with van der Waals surface area (Å²) < 4.78 is 0. The molecule has 5 rings (SSSR count). The average Bonchev–Trinajstić information content (AvgIpc) is 3.74. The number of likely N-dealkylation sites (N-methyl/N-ethyl adjacent to an activating group) is 1. The highest BCUT2D eigenvalue weighted by Crippen LogP contribution is 2.53. The van der Waals surface area contributed by atoms with Crippen LogP contribution in [-0.2, 0) is 4.79 Å². The molecule has 3 aliphatic carbocycles. The molecule has 0 radical (unpaired) electrons. The number of hydrogen-bond acceptors (Lipinski definition) is 5. The van der Waals surface area contributed by atoms with Gasteiger partial charge in [0, 0.05) is 34.0 Å². The molecule has 1 fully saturated rings. The Kier molecular flexibility index (Phi) is 10.4. The number of nitrogens with zero attached hydrogens (tertiary/aromatic N) is 1. The number of carboxylic acids is 1. The third-order valence-corrected chi connectivity index (χ3v) is 12.0. The summed E-state index contributed by atoms with van der Waals surface area (Å²) in [4.78, 5) is 14.0. The van der Waals surface area contributed by atoms with Crippen molar-refractivity contribution in [3.63, 3.8) is 0 Å². The minimum Gasteiger partial charge on any atom is -0.481 e. The molecule has 0 bridgehead atoms. The first-order valence-corrected chi connectivity index (χ1v) is 17.6. The first-order valence-electron chi connectivity index (χ1n) is 16.2. The molecule has 1 aromatic carbocycles. The minimum atomic E-state index is -1.05. The number of benzene rings is 1. The predicted molar refractivity (Wildman–Crippen MR) is 187 cm³/mol. The second-order valence-electron chi connectivity index (χ2n) is 14.2. The number of carbonyl (C=O) groups is 1. The molecular weight excluding hydrogens is 602 g/mol. The van der Waals surface area contributed by atoms with Gasteiger partial charge in [-0.3, -0.25) is 9.69 Å². The van der Waals surface area contributed by atoms with Gasteiger partial charge >= 0.3 is 5.97 Å². The van der Waals surface area contributed by atoms with Gasteiger partial charge in [-0.05, 0) is 91.8 Å². The fraction of sp³-hybridized carbons (Fsp3) is 0.500. The van der Waals surface area contributed by atoms with Gasteiger partial charge < -0.3 is 15.3 Å². The number of rotatable bonds is 12. The summed E-state index contributed by atoms with van der Waals surface area (Å²) in [5, 5.41) is 33.0. The van der Waals surface area contributed by atoms with Crippen molar-refractivity contribution in [2.45, 2.75) is 88.8 Å². The van der Waals surface area contributed by atoms with Crippen molar-refractivity contribution in [3.8, 4) is 0 Å². The normalized spacial score (nSPS) is 27.6. The van der Waals surface area contributed by atoms with Crippen LogP contribution in [0.3, 0.4) is 0 Å². The molecule has 0 amide bonds. The molecule has 1 heterocycles. The summed E-state index contributed by atoms with van der Waals surface area (Å²) in [5.74, 6) is 0.516. The highest BCUT2D eigenvalue weighted by atomic mass is 35.5. The maximum absolute atomic E-state index is 11.7. The number of allylic oxidation sites excluding steroid dienone is 3. The van der Waals surface area contributed by atoms with Gasteiger partial charge in [0.25, 0.3) is 0 Å². The molecule has 0 aromatic heterocycles. The van der Waals surface area contributed by atoms with Crippen molar-refractivity contribution in [2.24, 2.45) is 17.3 Å². The topological polar surface area (TPSA) is 81.0 Å². The molecular formula is C38H48ClNO4S. The Labute approximate surface area is 278 Å². The first kappa shape index (κ1) is 34.0. The van der Waals surface area contributed by atoms with Crippen LogP contribution in [-0.4, -0.2) is 62.8 Å². The van der Waals surface area contributed by atoms with E-state index in [1.165, 1.54) is 5.57 Å². The van der Waals surface area contributed by atoms with Crippen LogP contribution in [0.1, 0.15) is 76.2 Å². The minimum absolute atomic E-state index is 0.0293. The molecule has 5 nitrogen and oxygen atoms in total. The van der Waals surface area contributed by atoms with E-state index >= 15 is 0 Å². The van der Waals surface area contributed by atoms with Crippen molar-refractivity contribution in [2.75, 3.05) is 12.8 Å². The highest BCUT2D eigenvalue weighted by Gasteiger charge is 2.45. The zero-order chi connectivity index (χ0) is 32.5. The lowest BCUT2D eigenvalue weighted by Crippen LogP contribution is -2.46. The van der Waals surface area contributed by atoms with E-state index in [9.17, 15) is 20.1 Å². The van der Waals surface area contributed by atoms with Crippen molar-refractivity contribution in [1.29, 1.82) is 0 Å². The van der Waals surface area contributed by atoms with Gasteiger partial charge in [-0.2, -0.15) is 11.8 Å². The number of halogens is 1. The molecule has 1 saturated carbocycles. The molecule has 0 saturated heterocycles. The van der Waals surface area contributed by atoms with E-state index in [0.29, 0.717) is 12.8 Å². The lowest BCUT2D eigenvalue weighted by atomic mass is 9.80. The van der Waals surface area contributed by atoms with Gasteiger partial charge in [0.05, 0.1) is 18.1 Å². The lowest BCUT2D eigenvalue weighted by Gasteiger charge is -2.41. The first-order chi connectivity index (χ1) is 21.3. The van der Waals surface area contributed by atoms with Crippen LogP contribution in [0, 0.1) is 17.3 Å². The molecule has 6 unspecified atom stereocenters. The third-order valence-electron chi connectivity index (χ3n) is 9.90. The number of fused-ring (bicyclic) bond motifs is 1. The monoisotopic (exact) mass is 649 g/mol. The van der Waals surface area contributed by atoms with Crippen LogP contribution >= 0.6 is 23.4 Å². The van der Waals surface area contributed by atoms with Gasteiger partial charge in [0.1, 0.15) is 0 Å². The van der Waals surface area contributed by atoms with Gasteiger partial charge in [-0.25, -0.2) is 0 Å². The Morgan fingerprint density at radius 2 is 1.96 bits per heavy atom. The predicted octanol–water partition coefficient (Wildman–Crippen LogP) is 8.08. The van der Waals surface area contributed by atoms with Crippen molar-refractivity contribution >= 4 is 35.4 Å². The van der Waals surface area contributed by atoms with Crippen LogP contribution in [0.25, 0.3) is 6.08 Å². The van der Waals surface area contributed by atoms with Gasteiger partial charge in [0.15, 0.2) is 0 Å². The van der Waals surface area contributed by atoms with E-state index in [1.54, 1.807) is 25.6 Å². The molecule has 3 N–H and O–H groups in total. The van der Waals surface area contributed by atoms with Crippen molar-refractivity contribution < 1.29 is 20.1 Å². The zero-order valence-corrected chi connectivity index (χ0v) is 28.7. The summed E-state index contributed by atoms with van der Waals surface area (Å²) >= 11 is 8.27. The fourth-order valence-corrected chi connectivity index (χ4v) is 8.79. The van der Waals surface area contributed by atoms with E-state index in [1.807, 2.05) is 12.2 Å². The quantitative estimate of drug-likeness (QED) is 0.212. The number of hydrogen-bond donors (Lipinski definition) is 3. The maximum atomic E-state index is 11.7. The summed E-state index contributed by atoms with van der Waals surface area (Å²) in [5.41, 5.74) is 3.98. The van der Waals surface area contributed by atoms with Crippen LogP contribution in [0.4, 0.5) is 0 Å². The third kappa shape index (κ3) is 8.15. The molecule has 1 aromatic rings. The Bertz CT molecular complexity index is 1460. The Morgan fingerprint density at radius 1 is 1.20 bits per heavy atom. The largest absolute Gasteiger partial charge is 0.481 e. The standard InChI is InChI=1S/C38H48ClNO4S/c1-24-9-15-31(37(3,4)44)30(19-24)33(41)21-34(45-23-38(17-18-38)22-35(42)43)28-8-6-7-26(20-28)10-13-29-14-11-27-12-16-32(39)25(2)36(27)40(29)5/h6-16,20,24-25,29,33-34,36,41,44H,17-19,21-23H2,1-5H3,(H,42,43)/b13-10+. The number of aliphatic hydroxyl groups excluding tert-OH is 1. The SMILES string of the molecule is CC1C=CC(C(C)(C)O)=C(C(O)CC(SCC2(CC(=O)O)CC2)c2cccc(/C=C/C3C=CC4=CC=C(Cl)C(C)C4N3C)c2)C1. The number of aliphatic hydroxyl groups is 2. The van der Waals surface area contributed by atoms with Crippen molar-refractivity contribution in [3.05, 3.63) is 99.7 Å². The van der Waals surface area contributed by atoms with E-state index in [0.717, 1.165) is 45.9 Å². The summed E-state index contributed by atoms with van der Waals surface area (Å²) in [6, 6.07) is 8.86. The average molecular weight is 650 g/mol. The molecule has 0 spiro atoms. The Balaban J connectivity index is 1.38. The van der Waals surface area contributed by atoms with E-state index < -0.39 is 17.7 Å². The van der Waals surface area contributed by atoms with E-state index in [4.69, 9.17) is 11.6 Å². The van der Waals surface area contributed by atoms with Gasteiger partial charge in [0.2, 0.25) is 0 Å². The smallest absolute Gasteiger partial charge is 0.303 e. The number of aliphatic carboxylic acids is 1. The molecule has 242 valence electrons. The second kappa shape index (κ2) is 13.8. The molecule has 1 aliphatic heterocycles. The summed E-state index contributed by atoms with van der Waals surface area (Å²) in [7, 11) is 2.15. The van der Waals surface area contributed by atoms with Crippen LogP contribution < -0.4 is 0 Å². The maximum Gasteiger partial charge on any atom is 0.303 e. The van der Waals surface area contributed by atoms with Crippen molar-refractivity contribution in [1.82, 2.24) is 4.90 Å². The molecule has 6 atom stereocenters. The molecule has 4 aliphatic rings.